The van der Waals surface area contributed by atoms with Gasteiger partial charge in [-0.05, 0) is 36.4 Å². The van der Waals surface area contributed by atoms with Crippen LogP contribution in [0.5, 0.6) is 0 Å². The van der Waals surface area contributed by atoms with Crippen molar-refractivity contribution in [3.63, 3.8) is 0 Å². The van der Waals surface area contributed by atoms with Crippen molar-refractivity contribution in [2.45, 2.75) is 0 Å². The fourth-order valence-electron chi connectivity index (χ4n) is 2.14. The van der Waals surface area contributed by atoms with E-state index in [0.717, 1.165) is 0 Å². The van der Waals surface area contributed by atoms with Gasteiger partial charge in [0.15, 0.2) is 0 Å². The van der Waals surface area contributed by atoms with Gasteiger partial charge in [0.05, 0.1) is 5.69 Å². The van der Waals surface area contributed by atoms with Crippen molar-refractivity contribution in [2.75, 3.05) is 5.06 Å². The molecule has 0 unspecified atom stereocenters. The van der Waals surface area contributed by atoms with Gasteiger partial charge in [-0.25, -0.2) is 0 Å². The number of aromatic nitrogens is 1. The number of carbonyl (C=O) groups is 1. The Hall–Kier alpha value is -2.63. The second-order valence-electron chi connectivity index (χ2n) is 4.67. The van der Waals surface area contributed by atoms with Gasteiger partial charge in [0.1, 0.15) is 5.56 Å². The number of pyridine rings is 1. The average molecular weight is 315 g/mol. The first kappa shape index (κ1) is 14.3. The summed E-state index contributed by atoms with van der Waals surface area (Å²) in [4.78, 5) is 27.6. The molecule has 1 aromatic heterocycles. The Morgan fingerprint density at radius 1 is 1.09 bits per heavy atom. The standard InChI is InChI=1S/C16H11ClN2O3/c17-10-5-7-11(8-6-10)19(22)16(21)13-9-18-14-4-2-1-3-12(14)15(13)20/h1-9,22H,(H,18,20). The van der Waals surface area contributed by atoms with Crippen LogP contribution in [0.25, 0.3) is 10.9 Å². The highest BCUT2D eigenvalue weighted by Gasteiger charge is 2.20. The maximum atomic E-state index is 12.4. The number of hydrogen-bond acceptors (Lipinski definition) is 3. The summed E-state index contributed by atoms with van der Waals surface area (Å²) in [5.41, 5.74) is 0.269. The Balaban J connectivity index is 2.03. The molecule has 0 aliphatic carbocycles. The Bertz CT molecular complexity index is 903. The molecule has 2 aromatic carbocycles. The summed E-state index contributed by atoms with van der Waals surface area (Å²) in [6.45, 7) is 0. The number of rotatable bonds is 2. The maximum Gasteiger partial charge on any atom is 0.287 e. The van der Waals surface area contributed by atoms with Crippen LogP contribution in [0.2, 0.25) is 5.02 Å². The van der Waals surface area contributed by atoms with Crippen LogP contribution in [0.3, 0.4) is 0 Å². The Morgan fingerprint density at radius 3 is 2.50 bits per heavy atom. The zero-order chi connectivity index (χ0) is 15.7. The smallest absolute Gasteiger partial charge is 0.287 e. The number of hydrogen-bond donors (Lipinski definition) is 2. The van der Waals surface area contributed by atoms with E-state index in [4.69, 9.17) is 11.6 Å². The van der Waals surface area contributed by atoms with E-state index < -0.39 is 11.3 Å². The van der Waals surface area contributed by atoms with E-state index in [-0.39, 0.29) is 11.3 Å². The highest BCUT2D eigenvalue weighted by atomic mass is 35.5. The third-order valence-corrected chi connectivity index (χ3v) is 3.53. The van der Waals surface area contributed by atoms with E-state index in [2.05, 4.69) is 4.98 Å². The summed E-state index contributed by atoms with van der Waals surface area (Å²) >= 11 is 5.76. The molecule has 22 heavy (non-hydrogen) atoms. The quantitative estimate of drug-likeness (QED) is 0.563. The molecule has 0 radical (unpaired) electrons. The van der Waals surface area contributed by atoms with Gasteiger partial charge in [0.25, 0.3) is 5.91 Å². The van der Waals surface area contributed by atoms with Crippen molar-refractivity contribution in [3.05, 3.63) is 75.5 Å². The van der Waals surface area contributed by atoms with Crippen LogP contribution in [0.4, 0.5) is 5.69 Å². The highest BCUT2D eigenvalue weighted by Crippen LogP contribution is 2.18. The summed E-state index contributed by atoms with van der Waals surface area (Å²) in [7, 11) is 0. The summed E-state index contributed by atoms with van der Waals surface area (Å²) in [6.07, 6.45) is 1.30. The fourth-order valence-corrected chi connectivity index (χ4v) is 2.27. The number of benzene rings is 2. The molecule has 0 atom stereocenters. The minimum Gasteiger partial charge on any atom is -0.360 e. The van der Waals surface area contributed by atoms with Crippen molar-refractivity contribution >= 4 is 34.1 Å². The van der Waals surface area contributed by atoms with Crippen LogP contribution in [0, 0.1) is 0 Å². The van der Waals surface area contributed by atoms with Gasteiger partial charge in [0.2, 0.25) is 5.43 Å². The first-order chi connectivity index (χ1) is 10.6. The Labute approximate surface area is 130 Å². The van der Waals surface area contributed by atoms with Crippen LogP contribution in [0.1, 0.15) is 10.4 Å². The van der Waals surface area contributed by atoms with Crippen LogP contribution >= 0.6 is 11.6 Å². The summed E-state index contributed by atoms with van der Waals surface area (Å²) in [5, 5.41) is 11.3. The maximum absolute atomic E-state index is 12.4. The molecular formula is C16H11ClN2O3. The van der Waals surface area contributed by atoms with Gasteiger partial charge >= 0.3 is 0 Å². The number of aromatic amines is 1. The topological polar surface area (TPSA) is 73.4 Å². The van der Waals surface area contributed by atoms with E-state index >= 15 is 0 Å². The van der Waals surface area contributed by atoms with E-state index in [9.17, 15) is 14.8 Å². The molecule has 1 amide bonds. The molecule has 3 aromatic rings. The van der Waals surface area contributed by atoms with Gasteiger partial charge in [-0.3, -0.25) is 14.8 Å². The number of hydroxylamine groups is 1. The number of fused-ring (bicyclic) bond motifs is 1. The number of carbonyl (C=O) groups excluding carboxylic acids is 1. The summed E-state index contributed by atoms with van der Waals surface area (Å²) in [6, 6.07) is 12.9. The van der Waals surface area contributed by atoms with Crippen LogP contribution in [0.15, 0.2) is 59.5 Å². The molecule has 1 heterocycles. The van der Waals surface area contributed by atoms with Crippen molar-refractivity contribution in [1.29, 1.82) is 0 Å². The van der Waals surface area contributed by atoms with E-state index in [1.54, 1.807) is 24.3 Å². The highest BCUT2D eigenvalue weighted by molar-refractivity contribution is 6.30. The molecule has 0 aliphatic rings. The van der Waals surface area contributed by atoms with Gasteiger partial charge in [-0.2, -0.15) is 5.06 Å². The lowest BCUT2D eigenvalue weighted by Gasteiger charge is -2.14. The number of amides is 1. The Kier molecular flexibility index (Phi) is 3.66. The largest absolute Gasteiger partial charge is 0.360 e. The van der Waals surface area contributed by atoms with Gasteiger partial charge in [-0.1, -0.05) is 23.7 Å². The fraction of sp³-hybridized carbons (Fsp3) is 0. The average Bonchev–Trinajstić information content (AvgIpc) is 2.55. The molecule has 2 N–H and O–H groups in total. The van der Waals surface area contributed by atoms with Gasteiger partial charge in [-0.15, -0.1) is 0 Å². The number of H-pyrrole nitrogens is 1. The van der Waals surface area contributed by atoms with Gasteiger partial charge in [0, 0.05) is 22.1 Å². The molecule has 110 valence electrons. The first-order valence-electron chi connectivity index (χ1n) is 6.47. The summed E-state index contributed by atoms with van der Waals surface area (Å²) < 4.78 is 0. The lowest BCUT2D eigenvalue weighted by atomic mass is 10.1. The zero-order valence-corrected chi connectivity index (χ0v) is 12.0. The lowest BCUT2D eigenvalue weighted by molar-refractivity contribution is 0.0853. The number of halogens is 1. The minimum absolute atomic E-state index is 0.142. The molecule has 5 nitrogen and oxygen atoms in total. The normalized spacial score (nSPS) is 10.6. The summed E-state index contributed by atoms with van der Waals surface area (Å²) in [5.74, 6) is -0.811. The first-order valence-corrected chi connectivity index (χ1v) is 6.85. The molecule has 0 fully saturated rings. The SMILES string of the molecule is O=C(c1c[nH]c2ccccc2c1=O)N(O)c1ccc(Cl)cc1. The van der Waals surface area contributed by atoms with E-state index in [1.807, 2.05) is 0 Å². The van der Waals surface area contributed by atoms with Crippen LogP contribution < -0.4 is 10.5 Å². The van der Waals surface area contributed by atoms with Gasteiger partial charge < -0.3 is 4.98 Å². The number of para-hydroxylation sites is 1. The van der Waals surface area contributed by atoms with Crippen molar-refractivity contribution in [2.24, 2.45) is 0 Å². The zero-order valence-electron chi connectivity index (χ0n) is 11.3. The van der Waals surface area contributed by atoms with Crippen molar-refractivity contribution in [3.8, 4) is 0 Å². The Morgan fingerprint density at radius 2 is 1.77 bits per heavy atom. The predicted molar refractivity (Wildman–Crippen MR) is 84.6 cm³/mol. The van der Waals surface area contributed by atoms with E-state index in [0.29, 0.717) is 21.0 Å². The molecule has 0 saturated carbocycles. The van der Waals surface area contributed by atoms with Crippen molar-refractivity contribution < 1.29 is 10.0 Å². The third-order valence-electron chi connectivity index (χ3n) is 3.28. The molecule has 6 heteroatoms. The van der Waals surface area contributed by atoms with Crippen molar-refractivity contribution in [1.82, 2.24) is 4.98 Å². The number of anilines is 1. The number of nitrogens with one attached hydrogen (secondary N) is 1. The minimum atomic E-state index is -0.811. The molecule has 0 saturated heterocycles. The van der Waals surface area contributed by atoms with E-state index in [1.165, 1.54) is 30.5 Å². The number of nitrogens with zero attached hydrogens (tertiary/aromatic N) is 1. The molecular weight excluding hydrogens is 304 g/mol. The lowest BCUT2D eigenvalue weighted by Crippen LogP contribution is -2.31. The molecule has 0 aliphatic heterocycles. The third kappa shape index (κ3) is 2.47. The molecule has 3 rings (SSSR count). The second kappa shape index (κ2) is 5.63. The predicted octanol–water partition coefficient (Wildman–Crippen LogP) is 3.22. The van der Waals surface area contributed by atoms with Crippen LogP contribution in [-0.4, -0.2) is 16.1 Å². The van der Waals surface area contributed by atoms with Crippen LogP contribution in [-0.2, 0) is 0 Å². The molecule has 0 spiro atoms. The molecule has 0 bridgehead atoms. The second-order valence-corrected chi connectivity index (χ2v) is 5.11. The monoisotopic (exact) mass is 314 g/mol.